The SMILES string of the molecule is CCC(C(=O)N(C)CCc1ccccc1)N(c1nc2ccc(Cl)cc2[nH]1)c1ncnc2cc(C(=O)N3CCCC3)c(Cl)cc12. The molecule has 3 aromatic carbocycles. The first-order valence-electron chi connectivity index (χ1n) is 14.8. The number of likely N-dealkylation sites (N-methyl/N-ethyl adjacent to an activating group) is 1. The Morgan fingerprint density at radius 1 is 1.00 bits per heavy atom. The van der Waals surface area contributed by atoms with Crippen LogP contribution in [0.3, 0.4) is 0 Å². The summed E-state index contributed by atoms with van der Waals surface area (Å²) >= 11 is 13.1. The number of aromatic amines is 1. The van der Waals surface area contributed by atoms with Crippen LogP contribution in [0.25, 0.3) is 21.9 Å². The highest BCUT2D eigenvalue weighted by molar-refractivity contribution is 6.35. The summed E-state index contributed by atoms with van der Waals surface area (Å²) in [5.41, 5.74) is 3.53. The number of carbonyl (C=O) groups excluding carboxylic acids is 2. The molecule has 6 rings (SSSR count). The summed E-state index contributed by atoms with van der Waals surface area (Å²) < 4.78 is 0. The minimum atomic E-state index is -0.658. The van der Waals surface area contributed by atoms with Crippen molar-refractivity contribution >= 4 is 68.7 Å². The highest BCUT2D eigenvalue weighted by atomic mass is 35.5. The summed E-state index contributed by atoms with van der Waals surface area (Å²) in [7, 11) is 1.82. The molecule has 3 heterocycles. The van der Waals surface area contributed by atoms with E-state index in [4.69, 9.17) is 28.2 Å². The minimum absolute atomic E-state index is 0.0828. The third-order valence-electron chi connectivity index (χ3n) is 8.15. The Hall–Kier alpha value is -4.21. The second-order valence-corrected chi connectivity index (χ2v) is 11.9. The highest BCUT2D eigenvalue weighted by Gasteiger charge is 2.33. The fraction of sp³-hybridized carbons (Fsp3) is 0.303. The lowest BCUT2D eigenvalue weighted by Gasteiger charge is -2.32. The average Bonchev–Trinajstić information content (AvgIpc) is 3.72. The molecule has 226 valence electrons. The molecule has 5 aromatic rings. The van der Waals surface area contributed by atoms with Crippen molar-refractivity contribution < 1.29 is 9.59 Å². The minimum Gasteiger partial charge on any atom is -0.344 e. The van der Waals surface area contributed by atoms with Crippen LogP contribution in [-0.2, 0) is 11.2 Å². The molecular formula is C33H33Cl2N7O2. The zero-order valence-electron chi connectivity index (χ0n) is 24.6. The molecule has 1 saturated heterocycles. The topological polar surface area (TPSA) is 98.3 Å². The molecule has 44 heavy (non-hydrogen) atoms. The van der Waals surface area contributed by atoms with Crippen LogP contribution >= 0.6 is 23.2 Å². The van der Waals surface area contributed by atoms with Crippen LogP contribution in [0.15, 0.2) is 67.0 Å². The van der Waals surface area contributed by atoms with E-state index in [2.05, 4.69) is 27.1 Å². The fourth-order valence-electron chi connectivity index (χ4n) is 5.76. The second kappa shape index (κ2) is 12.8. The van der Waals surface area contributed by atoms with Crippen molar-refractivity contribution in [2.24, 2.45) is 0 Å². The Bertz CT molecular complexity index is 1820. The van der Waals surface area contributed by atoms with Crippen LogP contribution in [0.1, 0.15) is 42.1 Å². The van der Waals surface area contributed by atoms with Gasteiger partial charge in [0.2, 0.25) is 11.9 Å². The molecule has 2 amide bonds. The monoisotopic (exact) mass is 629 g/mol. The Kier molecular flexibility index (Phi) is 8.68. The van der Waals surface area contributed by atoms with Crippen molar-refractivity contribution in [3.63, 3.8) is 0 Å². The molecule has 9 nitrogen and oxygen atoms in total. The number of carbonyl (C=O) groups is 2. The fourth-order valence-corrected chi connectivity index (χ4v) is 6.18. The lowest BCUT2D eigenvalue weighted by molar-refractivity contribution is -0.131. The number of halogens is 2. The maximum absolute atomic E-state index is 14.1. The number of H-pyrrole nitrogens is 1. The van der Waals surface area contributed by atoms with E-state index < -0.39 is 6.04 Å². The van der Waals surface area contributed by atoms with Crippen molar-refractivity contribution in [2.45, 2.75) is 38.6 Å². The van der Waals surface area contributed by atoms with Gasteiger partial charge in [0.15, 0.2) is 0 Å². The third-order valence-corrected chi connectivity index (χ3v) is 8.70. The van der Waals surface area contributed by atoms with Crippen LogP contribution in [0, 0.1) is 0 Å². The van der Waals surface area contributed by atoms with Crippen LogP contribution in [-0.4, -0.2) is 74.3 Å². The number of anilines is 2. The molecule has 1 aliphatic rings. The Labute approximate surface area is 265 Å². The van der Waals surface area contributed by atoms with Crippen molar-refractivity contribution in [2.75, 3.05) is 31.6 Å². The predicted molar refractivity (Wildman–Crippen MR) is 175 cm³/mol. The Morgan fingerprint density at radius 3 is 2.52 bits per heavy atom. The maximum Gasteiger partial charge on any atom is 0.255 e. The quantitative estimate of drug-likeness (QED) is 0.196. The molecular weight excluding hydrogens is 597 g/mol. The summed E-state index contributed by atoms with van der Waals surface area (Å²) in [5.74, 6) is 0.703. The number of benzene rings is 3. The number of hydrogen-bond acceptors (Lipinski definition) is 6. The van der Waals surface area contributed by atoms with E-state index in [0.29, 0.717) is 69.8 Å². The first kappa shape index (κ1) is 29.8. The number of hydrogen-bond donors (Lipinski definition) is 1. The van der Waals surface area contributed by atoms with Crippen LogP contribution < -0.4 is 4.90 Å². The molecule has 11 heteroatoms. The molecule has 0 aliphatic carbocycles. The number of imidazole rings is 1. The van der Waals surface area contributed by atoms with Crippen LogP contribution in [0.2, 0.25) is 10.0 Å². The van der Waals surface area contributed by atoms with E-state index in [0.717, 1.165) is 30.3 Å². The molecule has 0 radical (unpaired) electrons. The first-order valence-corrected chi connectivity index (χ1v) is 15.6. The predicted octanol–water partition coefficient (Wildman–Crippen LogP) is 6.67. The molecule has 1 fully saturated rings. The van der Waals surface area contributed by atoms with Gasteiger partial charge in [-0.25, -0.2) is 15.0 Å². The van der Waals surface area contributed by atoms with Gasteiger partial charge in [-0.15, -0.1) is 0 Å². The lowest BCUT2D eigenvalue weighted by atomic mass is 10.1. The number of fused-ring (bicyclic) bond motifs is 2. The van der Waals surface area contributed by atoms with Crippen molar-refractivity contribution in [3.8, 4) is 0 Å². The molecule has 0 bridgehead atoms. The van der Waals surface area contributed by atoms with E-state index in [1.54, 1.807) is 29.2 Å². The number of amides is 2. The summed E-state index contributed by atoms with van der Waals surface area (Å²) in [6.07, 6.45) is 4.60. The van der Waals surface area contributed by atoms with Gasteiger partial charge < -0.3 is 14.8 Å². The van der Waals surface area contributed by atoms with Gasteiger partial charge in [0.1, 0.15) is 18.2 Å². The van der Waals surface area contributed by atoms with Gasteiger partial charge in [0.05, 0.1) is 27.1 Å². The standard InChI is InChI=1S/C33H33Cl2N7O2/c1-3-29(32(44)40(2)16-13-21-9-5-4-6-10-21)42(33-38-26-12-11-22(34)17-28(26)39-33)30-24-18-25(35)23(19-27(24)36-20-37-30)31(43)41-14-7-8-15-41/h4-6,9-12,17-20,29H,3,7-8,13-16H2,1-2H3,(H,38,39). The van der Waals surface area contributed by atoms with E-state index in [1.807, 2.05) is 48.0 Å². The van der Waals surface area contributed by atoms with Crippen molar-refractivity contribution in [3.05, 3.63) is 88.2 Å². The van der Waals surface area contributed by atoms with E-state index >= 15 is 0 Å². The summed E-state index contributed by atoms with van der Waals surface area (Å²) in [6, 6.07) is 18.3. The molecule has 2 aromatic heterocycles. The van der Waals surface area contributed by atoms with Crippen molar-refractivity contribution in [1.29, 1.82) is 0 Å². The zero-order chi connectivity index (χ0) is 30.8. The summed E-state index contributed by atoms with van der Waals surface area (Å²) in [5, 5.41) is 1.48. The average molecular weight is 631 g/mol. The molecule has 1 unspecified atom stereocenters. The molecule has 0 saturated carbocycles. The number of likely N-dealkylation sites (tertiary alicyclic amines) is 1. The van der Waals surface area contributed by atoms with Gasteiger partial charge in [0.25, 0.3) is 5.91 Å². The Balaban J connectivity index is 1.43. The highest BCUT2D eigenvalue weighted by Crippen LogP contribution is 2.36. The van der Waals surface area contributed by atoms with E-state index in [-0.39, 0.29) is 11.8 Å². The molecule has 1 N–H and O–H groups in total. The van der Waals surface area contributed by atoms with E-state index in [9.17, 15) is 9.59 Å². The van der Waals surface area contributed by atoms with Crippen LogP contribution in [0.4, 0.5) is 11.8 Å². The van der Waals surface area contributed by atoms with Gasteiger partial charge in [-0.05, 0) is 61.6 Å². The number of aromatic nitrogens is 4. The van der Waals surface area contributed by atoms with Gasteiger partial charge in [-0.3, -0.25) is 14.5 Å². The zero-order valence-corrected chi connectivity index (χ0v) is 26.1. The van der Waals surface area contributed by atoms with Gasteiger partial charge in [-0.1, -0.05) is 60.5 Å². The largest absolute Gasteiger partial charge is 0.344 e. The van der Waals surface area contributed by atoms with E-state index in [1.165, 1.54) is 6.33 Å². The van der Waals surface area contributed by atoms with Crippen molar-refractivity contribution in [1.82, 2.24) is 29.7 Å². The normalized spacial score (nSPS) is 13.9. The van der Waals surface area contributed by atoms with Crippen LogP contribution in [0.5, 0.6) is 0 Å². The lowest BCUT2D eigenvalue weighted by Crippen LogP contribution is -2.46. The number of rotatable bonds is 9. The smallest absolute Gasteiger partial charge is 0.255 e. The Morgan fingerprint density at radius 2 is 1.77 bits per heavy atom. The second-order valence-electron chi connectivity index (χ2n) is 11.1. The maximum atomic E-state index is 14.1. The van der Waals surface area contributed by atoms with Gasteiger partial charge in [0, 0.05) is 37.1 Å². The van der Waals surface area contributed by atoms with Gasteiger partial charge in [-0.2, -0.15) is 0 Å². The summed E-state index contributed by atoms with van der Waals surface area (Å²) in [4.78, 5) is 50.2. The number of nitrogens with one attached hydrogen (secondary N) is 1. The number of nitrogens with zero attached hydrogens (tertiary/aromatic N) is 6. The first-order chi connectivity index (χ1) is 21.3. The molecule has 1 aliphatic heterocycles. The molecule has 1 atom stereocenters. The third kappa shape index (κ3) is 5.94. The molecule has 0 spiro atoms. The van der Waals surface area contributed by atoms with Gasteiger partial charge >= 0.3 is 0 Å². The summed E-state index contributed by atoms with van der Waals surface area (Å²) in [6.45, 7) is 3.93.